The minimum absolute atomic E-state index is 0.109. The summed E-state index contributed by atoms with van der Waals surface area (Å²) in [5, 5.41) is 20.8. The van der Waals surface area contributed by atoms with Crippen LogP contribution in [0.1, 0.15) is 29.8 Å². The van der Waals surface area contributed by atoms with Gasteiger partial charge in [0.05, 0.1) is 17.4 Å². The summed E-state index contributed by atoms with van der Waals surface area (Å²) in [6.07, 6.45) is 0. The lowest BCUT2D eigenvalue weighted by Crippen LogP contribution is -2.19. The molecule has 21 heavy (non-hydrogen) atoms. The molecule has 1 aliphatic rings. The van der Waals surface area contributed by atoms with Crippen molar-refractivity contribution < 1.29 is 24.6 Å². The van der Waals surface area contributed by atoms with Crippen LogP contribution < -0.4 is 5.32 Å². The molecular weight excluding hydrogens is 274 g/mol. The van der Waals surface area contributed by atoms with E-state index in [1.807, 2.05) is 0 Å². The number of nitrogens with one attached hydrogen (secondary N) is 1. The zero-order chi connectivity index (χ0) is 15.9. The van der Waals surface area contributed by atoms with Crippen molar-refractivity contribution in [3.05, 3.63) is 29.3 Å². The van der Waals surface area contributed by atoms with E-state index < -0.39 is 35.1 Å². The highest BCUT2D eigenvalue weighted by molar-refractivity contribution is 6.01. The van der Waals surface area contributed by atoms with Crippen LogP contribution in [0.5, 0.6) is 0 Å². The molecule has 3 N–H and O–H groups in total. The van der Waals surface area contributed by atoms with Gasteiger partial charge < -0.3 is 15.5 Å². The van der Waals surface area contributed by atoms with Crippen LogP contribution >= 0.6 is 0 Å². The van der Waals surface area contributed by atoms with E-state index in [1.165, 1.54) is 6.07 Å². The van der Waals surface area contributed by atoms with Gasteiger partial charge in [0.1, 0.15) is 0 Å². The van der Waals surface area contributed by atoms with Crippen molar-refractivity contribution in [3.63, 3.8) is 0 Å². The number of hydrogen-bond acceptors (Lipinski definition) is 3. The first-order valence-electron chi connectivity index (χ1n) is 6.54. The number of hydrogen-bond donors (Lipinski definition) is 3. The van der Waals surface area contributed by atoms with E-state index in [-0.39, 0.29) is 5.56 Å². The predicted molar refractivity (Wildman–Crippen MR) is 75.2 cm³/mol. The quantitative estimate of drug-likeness (QED) is 0.787. The van der Waals surface area contributed by atoms with E-state index in [9.17, 15) is 14.4 Å². The van der Waals surface area contributed by atoms with Crippen molar-refractivity contribution in [2.24, 2.45) is 17.3 Å². The maximum absolute atomic E-state index is 12.2. The molecule has 0 bridgehead atoms. The molecule has 0 radical (unpaired) electrons. The molecular formula is C15H17NO5. The maximum atomic E-state index is 12.2. The third-order valence-electron chi connectivity index (χ3n) is 4.20. The topological polar surface area (TPSA) is 104 Å². The van der Waals surface area contributed by atoms with Gasteiger partial charge in [0.15, 0.2) is 0 Å². The smallest absolute Gasteiger partial charge is 0.336 e. The van der Waals surface area contributed by atoms with E-state index >= 15 is 0 Å². The third kappa shape index (κ3) is 2.49. The van der Waals surface area contributed by atoms with Gasteiger partial charge in [-0.05, 0) is 30.0 Å². The number of anilines is 1. The molecule has 0 spiro atoms. The van der Waals surface area contributed by atoms with E-state index in [0.717, 1.165) is 0 Å². The molecule has 2 rings (SSSR count). The highest BCUT2D eigenvalue weighted by Gasteiger charge is 2.65. The van der Waals surface area contributed by atoms with Crippen LogP contribution in [0, 0.1) is 24.2 Å². The third-order valence-corrected chi connectivity index (χ3v) is 4.20. The molecule has 1 saturated carbocycles. The minimum Gasteiger partial charge on any atom is -0.481 e. The fraction of sp³-hybridized carbons (Fsp3) is 0.400. The van der Waals surface area contributed by atoms with Gasteiger partial charge in [0, 0.05) is 5.69 Å². The van der Waals surface area contributed by atoms with Gasteiger partial charge in [-0.25, -0.2) is 4.79 Å². The number of amides is 1. The van der Waals surface area contributed by atoms with E-state index in [2.05, 4.69) is 5.32 Å². The van der Waals surface area contributed by atoms with Crippen molar-refractivity contribution >= 4 is 23.5 Å². The molecule has 1 aromatic rings. The second kappa shape index (κ2) is 4.87. The second-order valence-corrected chi connectivity index (χ2v) is 5.89. The van der Waals surface area contributed by atoms with Crippen LogP contribution in [-0.4, -0.2) is 28.1 Å². The SMILES string of the molecule is Cc1c(NC(=O)C2C(C(=O)O)C2(C)C)cccc1C(=O)O. The Balaban J connectivity index is 2.21. The molecule has 6 heteroatoms. The molecule has 1 amide bonds. The average Bonchev–Trinajstić information content (AvgIpc) is 2.95. The number of aliphatic carboxylic acids is 1. The van der Waals surface area contributed by atoms with E-state index in [0.29, 0.717) is 11.3 Å². The molecule has 2 atom stereocenters. The lowest BCUT2D eigenvalue weighted by Gasteiger charge is -2.11. The number of carboxylic acid groups (broad SMARTS) is 2. The summed E-state index contributed by atoms with van der Waals surface area (Å²) >= 11 is 0. The summed E-state index contributed by atoms with van der Waals surface area (Å²) in [6.45, 7) is 5.07. The fourth-order valence-corrected chi connectivity index (χ4v) is 2.80. The molecule has 0 aliphatic heterocycles. The molecule has 6 nitrogen and oxygen atoms in total. The van der Waals surface area contributed by atoms with Gasteiger partial charge in [-0.2, -0.15) is 0 Å². The first kappa shape index (κ1) is 15.0. The number of rotatable bonds is 4. The first-order valence-corrected chi connectivity index (χ1v) is 6.54. The summed E-state index contributed by atoms with van der Waals surface area (Å²) < 4.78 is 0. The van der Waals surface area contributed by atoms with Crippen LogP contribution in [0.3, 0.4) is 0 Å². The predicted octanol–water partition coefficient (Wildman–Crippen LogP) is 1.99. The lowest BCUT2D eigenvalue weighted by atomic mass is 10.1. The molecule has 0 aromatic heterocycles. The largest absolute Gasteiger partial charge is 0.481 e. The Kier molecular flexibility index (Phi) is 3.49. The minimum atomic E-state index is -1.07. The summed E-state index contributed by atoms with van der Waals surface area (Å²) in [4.78, 5) is 34.4. The highest BCUT2D eigenvalue weighted by Crippen LogP contribution is 2.58. The van der Waals surface area contributed by atoms with Gasteiger partial charge in [-0.3, -0.25) is 9.59 Å². The van der Waals surface area contributed by atoms with Crippen molar-refractivity contribution in [3.8, 4) is 0 Å². The molecule has 1 aliphatic carbocycles. The van der Waals surface area contributed by atoms with Crippen molar-refractivity contribution in [2.45, 2.75) is 20.8 Å². The van der Waals surface area contributed by atoms with Crippen molar-refractivity contribution in [1.29, 1.82) is 0 Å². The zero-order valence-corrected chi connectivity index (χ0v) is 12.0. The monoisotopic (exact) mass is 291 g/mol. The van der Waals surface area contributed by atoms with Crippen LogP contribution in [0.4, 0.5) is 5.69 Å². The molecule has 2 unspecified atom stereocenters. The second-order valence-electron chi connectivity index (χ2n) is 5.89. The van der Waals surface area contributed by atoms with E-state index in [4.69, 9.17) is 10.2 Å². The Hall–Kier alpha value is -2.37. The van der Waals surface area contributed by atoms with Gasteiger partial charge in [-0.15, -0.1) is 0 Å². The Morgan fingerprint density at radius 1 is 1.14 bits per heavy atom. The summed E-state index contributed by atoms with van der Waals surface area (Å²) in [6, 6.07) is 4.60. The number of carbonyl (C=O) groups is 3. The number of benzene rings is 1. The Morgan fingerprint density at radius 2 is 1.76 bits per heavy atom. The summed E-state index contributed by atoms with van der Waals surface area (Å²) in [7, 11) is 0. The summed E-state index contributed by atoms with van der Waals surface area (Å²) in [5.74, 6) is -3.77. The molecule has 0 saturated heterocycles. The van der Waals surface area contributed by atoms with Crippen LogP contribution in [-0.2, 0) is 9.59 Å². The molecule has 1 fully saturated rings. The first-order chi connectivity index (χ1) is 9.67. The van der Waals surface area contributed by atoms with E-state index in [1.54, 1.807) is 32.9 Å². The van der Waals surface area contributed by atoms with Gasteiger partial charge >= 0.3 is 11.9 Å². The molecule has 1 aromatic carbocycles. The zero-order valence-electron chi connectivity index (χ0n) is 12.0. The van der Waals surface area contributed by atoms with Crippen LogP contribution in [0.25, 0.3) is 0 Å². The molecule has 112 valence electrons. The fourth-order valence-electron chi connectivity index (χ4n) is 2.80. The highest BCUT2D eigenvalue weighted by atomic mass is 16.4. The van der Waals surface area contributed by atoms with Gasteiger partial charge in [-0.1, -0.05) is 19.9 Å². The Labute approximate surface area is 121 Å². The Bertz CT molecular complexity index is 635. The summed E-state index contributed by atoms with van der Waals surface area (Å²) in [5.41, 5.74) is 0.363. The van der Waals surface area contributed by atoms with Crippen molar-refractivity contribution in [2.75, 3.05) is 5.32 Å². The van der Waals surface area contributed by atoms with Crippen LogP contribution in [0.2, 0.25) is 0 Å². The number of carboxylic acids is 2. The van der Waals surface area contributed by atoms with Gasteiger partial charge in [0.25, 0.3) is 0 Å². The van der Waals surface area contributed by atoms with Crippen molar-refractivity contribution in [1.82, 2.24) is 0 Å². The van der Waals surface area contributed by atoms with Crippen LogP contribution in [0.15, 0.2) is 18.2 Å². The maximum Gasteiger partial charge on any atom is 0.336 e. The van der Waals surface area contributed by atoms with Gasteiger partial charge in [0.2, 0.25) is 5.91 Å². The number of carbonyl (C=O) groups excluding carboxylic acids is 1. The standard InChI is InChI=1S/C15H17NO5/c1-7-8(13(18)19)5-4-6-9(7)16-12(17)10-11(14(20)21)15(10,2)3/h4-6,10-11H,1-3H3,(H,16,17)(H,18,19)(H,20,21). The number of aromatic carboxylic acids is 1. The molecule has 0 heterocycles. The normalized spacial score (nSPS) is 22.4. The lowest BCUT2D eigenvalue weighted by molar-refractivity contribution is -0.140. The average molecular weight is 291 g/mol. The Morgan fingerprint density at radius 3 is 2.24 bits per heavy atom.